The van der Waals surface area contributed by atoms with Crippen LogP contribution in [0.3, 0.4) is 0 Å². The van der Waals surface area contributed by atoms with Gasteiger partial charge in [0.15, 0.2) is 0 Å². The molecule has 5 rings (SSSR count). The lowest BCUT2D eigenvalue weighted by Gasteiger charge is -2.53. The van der Waals surface area contributed by atoms with Crippen molar-refractivity contribution in [1.82, 2.24) is 0 Å². The number of carbonyl (C=O) groups excluding carboxylic acids is 1. The minimum atomic E-state index is -0.0594. The first kappa shape index (κ1) is 15.4. The zero-order chi connectivity index (χ0) is 15.8. The Hall–Kier alpha value is -1.09. The lowest BCUT2D eigenvalue weighted by molar-refractivity contribution is -0.169. The van der Waals surface area contributed by atoms with Crippen molar-refractivity contribution in [2.24, 2.45) is 23.7 Å². The molecular weight excluding hydrogens is 352 g/mol. The molecule has 23 heavy (non-hydrogen) atoms. The van der Waals surface area contributed by atoms with E-state index in [0.717, 1.165) is 21.9 Å². The predicted molar refractivity (Wildman–Crippen MR) is 94.7 cm³/mol. The average molecular weight is 375 g/mol. The van der Waals surface area contributed by atoms with Crippen LogP contribution in [0.15, 0.2) is 34.8 Å². The minimum Gasteiger partial charge on any atom is -0.462 e. The summed E-state index contributed by atoms with van der Waals surface area (Å²) in [5, 5.41) is 0. The average Bonchev–Trinajstić information content (AvgIpc) is 2.52. The van der Waals surface area contributed by atoms with Crippen LogP contribution >= 0.6 is 15.9 Å². The molecule has 0 amide bonds. The van der Waals surface area contributed by atoms with Gasteiger partial charge in [-0.05, 0) is 73.5 Å². The lowest BCUT2D eigenvalue weighted by atomic mass is 9.55. The van der Waals surface area contributed by atoms with Crippen LogP contribution in [-0.4, -0.2) is 12.1 Å². The number of carbonyl (C=O) groups is 1. The molecule has 0 radical (unpaired) electrons. The standard InChI is InChI=1S/C20H23BrO2/c21-18-6-4-13(5-7-18)2-1-3-19(22)23-20-16-9-14-8-15(11-16)12-17(20)10-14/h1-2,4-7,14-17,20H,3,8-12H2. The van der Waals surface area contributed by atoms with Crippen molar-refractivity contribution in [2.75, 3.05) is 0 Å². The molecule has 1 aromatic carbocycles. The number of ether oxygens (including phenoxy) is 1. The Balaban J connectivity index is 1.31. The Morgan fingerprint density at radius 2 is 1.65 bits per heavy atom. The van der Waals surface area contributed by atoms with Gasteiger partial charge in [-0.15, -0.1) is 0 Å². The smallest absolute Gasteiger partial charge is 0.309 e. The summed E-state index contributed by atoms with van der Waals surface area (Å²) < 4.78 is 6.95. The first-order chi connectivity index (χ1) is 11.2. The van der Waals surface area contributed by atoms with E-state index in [0.29, 0.717) is 18.3 Å². The monoisotopic (exact) mass is 374 g/mol. The highest BCUT2D eigenvalue weighted by Gasteiger charge is 2.49. The fraction of sp³-hybridized carbons (Fsp3) is 0.550. The highest BCUT2D eigenvalue weighted by molar-refractivity contribution is 9.10. The normalized spacial score (nSPS) is 34.9. The molecule has 4 saturated carbocycles. The molecule has 0 heterocycles. The van der Waals surface area contributed by atoms with Gasteiger partial charge in [0.1, 0.15) is 6.10 Å². The summed E-state index contributed by atoms with van der Waals surface area (Å²) in [6.45, 7) is 0. The summed E-state index contributed by atoms with van der Waals surface area (Å²) in [6.07, 6.45) is 11.1. The number of rotatable bonds is 4. The van der Waals surface area contributed by atoms with E-state index in [1.165, 1.54) is 32.1 Å². The first-order valence-electron chi connectivity index (χ1n) is 8.79. The predicted octanol–water partition coefficient (Wildman–Crippen LogP) is 5.22. The highest BCUT2D eigenvalue weighted by Crippen LogP contribution is 2.54. The molecule has 1 aromatic rings. The first-order valence-corrected chi connectivity index (χ1v) is 9.58. The van der Waals surface area contributed by atoms with Crippen LogP contribution in [0.25, 0.3) is 6.08 Å². The fourth-order valence-electron chi connectivity index (χ4n) is 5.13. The van der Waals surface area contributed by atoms with Crippen LogP contribution in [0.1, 0.15) is 44.1 Å². The molecule has 122 valence electrons. The number of hydrogen-bond donors (Lipinski definition) is 0. The molecule has 4 aliphatic carbocycles. The molecule has 3 heteroatoms. The van der Waals surface area contributed by atoms with E-state index >= 15 is 0 Å². The maximum Gasteiger partial charge on any atom is 0.309 e. The van der Waals surface area contributed by atoms with Gasteiger partial charge in [0.25, 0.3) is 0 Å². The van der Waals surface area contributed by atoms with Gasteiger partial charge < -0.3 is 4.74 Å². The van der Waals surface area contributed by atoms with E-state index in [4.69, 9.17) is 4.74 Å². The molecule has 0 saturated heterocycles. The van der Waals surface area contributed by atoms with Gasteiger partial charge in [0.2, 0.25) is 0 Å². The zero-order valence-electron chi connectivity index (χ0n) is 13.3. The number of benzene rings is 1. The second kappa shape index (κ2) is 6.43. The van der Waals surface area contributed by atoms with Crippen molar-refractivity contribution in [3.63, 3.8) is 0 Å². The molecule has 0 aliphatic heterocycles. The van der Waals surface area contributed by atoms with E-state index in [9.17, 15) is 4.79 Å². The van der Waals surface area contributed by atoms with E-state index in [1.807, 2.05) is 36.4 Å². The summed E-state index contributed by atoms with van der Waals surface area (Å²) >= 11 is 3.42. The van der Waals surface area contributed by atoms with Crippen LogP contribution < -0.4 is 0 Å². The van der Waals surface area contributed by atoms with E-state index in [2.05, 4.69) is 15.9 Å². The Labute approximate surface area is 146 Å². The topological polar surface area (TPSA) is 26.3 Å². The molecule has 0 unspecified atom stereocenters. The quantitative estimate of drug-likeness (QED) is 0.675. The SMILES string of the molecule is O=C(CC=Cc1ccc(Br)cc1)OC1C2CC3CC(C2)CC1C3. The molecule has 4 aliphatic rings. The molecule has 0 atom stereocenters. The van der Waals surface area contributed by atoms with E-state index in [1.54, 1.807) is 0 Å². The third kappa shape index (κ3) is 3.40. The van der Waals surface area contributed by atoms with Crippen molar-refractivity contribution < 1.29 is 9.53 Å². The Morgan fingerprint density at radius 1 is 1.04 bits per heavy atom. The van der Waals surface area contributed by atoms with E-state index < -0.39 is 0 Å². The molecule has 4 fully saturated rings. The molecule has 4 bridgehead atoms. The van der Waals surface area contributed by atoms with Gasteiger partial charge >= 0.3 is 5.97 Å². The molecule has 0 N–H and O–H groups in total. The van der Waals surface area contributed by atoms with Crippen LogP contribution in [0.2, 0.25) is 0 Å². The number of hydrogen-bond acceptors (Lipinski definition) is 2. The Bertz CT molecular complexity index is 577. The maximum absolute atomic E-state index is 12.2. The van der Waals surface area contributed by atoms with Gasteiger partial charge in [-0.25, -0.2) is 0 Å². The van der Waals surface area contributed by atoms with Crippen molar-refractivity contribution in [3.05, 3.63) is 40.4 Å². The second-order valence-corrected chi connectivity index (χ2v) is 8.46. The molecular formula is C20H23BrO2. The van der Waals surface area contributed by atoms with Crippen LogP contribution in [0, 0.1) is 23.7 Å². The number of halogens is 1. The molecule has 0 spiro atoms. The van der Waals surface area contributed by atoms with Crippen LogP contribution in [0.5, 0.6) is 0 Å². The Morgan fingerprint density at radius 3 is 2.26 bits per heavy atom. The van der Waals surface area contributed by atoms with Gasteiger partial charge in [-0.3, -0.25) is 4.79 Å². The van der Waals surface area contributed by atoms with Gasteiger partial charge in [-0.2, -0.15) is 0 Å². The van der Waals surface area contributed by atoms with Crippen LogP contribution in [-0.2, 0) is 9.53 Å². The third-order valence-electron chi connectivity index (χ3n) is 5.87. The van der Waals surface area contributed by atoms with Gasteiger partial charge in [0.05, 0.1) is 6.42 Å². The lowest BCUT2D eigenvalue weighted by Crippen LogP contribution is -2.50. The maximum atomic E-state index is 12.2. The fourth-order valence-corrected chi connectivity index (χ4v) is 5.40. The van der Waals surface area contributed by atoms with E-state index in [-0.39, 0.29) is 12.1 Å². The molecule has 2 nitrogen and oxygen atoms in total. The highest BCUT2D eigenvalue weighted by atomic mass is 79.9. The van der Waals surface area contributed by atoms with Gasteiger partial charge in [-0.1, -0.05) is 40.2 Å². The summed E-state index contributed by atoms with van der Waals surface area (Å²) in [7, 11) is 0. The summed E-state index contributed by atoms with van der Waals surface area (Å²) in [6, 6.07) is 8.08. The van der Waals surface area contributed by atoms with Crippen molar-refractivity contribution >= 4 is 28.0 Å². The Kier molecular flexibility index (Phi) is 4.31. The third-order valence-corrected chi connectivity index (χ3v) is 6.40. The molecule has 0 aromatic heterocycles. The minimum absolute atomic E-state index is 0.0594. The van der Waals surface area contributed by atoms with Crippen molar-refractivity contribution in [2.45, 2.75) is 44.6 Å². The summed E-state index contributed by atoms with van der Waals surface area (Å²) in [5.41, 5.74) is 1.11. The summed E-state index contributed by atoms with van der Waals surface area (Å²) in [5.74, 6) is 3.07. The van der Waals surface area contributed by atoms with Crippen molar-refractivity contribution in [1.29, 1.82) is 0 Å². The summed E-state index contributed by atoms with van der Waals surface area (Å²) in [4.78, 5) is 12.2. The van der Waals surface area contributed by atoms with Crippen molar-refractivity contribution in [3.8, 4) is 0 Å². The number of esters is 1. The zero-order valence-corrected chi connectivity index (χ0v) is 14.9. The van der Waals surface area contributed by atoms with Crippen LogP contribution in [0.4, 0.5) is 0 Å². The largest absolute Gasteiger partial charge is 0.462 e. The second-order valence-electron chi connectivity index (χ2n) is 7.54. The van der Waals surface area contributed by atoms with Gasteiger partial charge in [0, 0.05) is 4.47 Å².